The van der Waals surface area contributed by atoms with Gasteiger partial charge in [0.05, 0.1) is 35.8 Å². The first kappa shape index (κ1) is 23.4. The lowest BCUT2D eigenvalue weighted by Crippen LogP contribution is -2.47. The Kier molecular flexibility index (Phi) is 7.15. The van der Waals surface area contributed by atoms with Gasteiger partial charge in [0.15, 0.2) is 0 Å². The second-order valence-electron chi connectivity index (χ2n) is 8.40. The van der Waals surface area contributed by atoms with Crippen molar-refractivity contribution in [2.24, 2.45) is 5.92 Å². The van der Waals surface area contributed by atoms with E-state index in [4.69, 9.17) is 9.72 Å². The van der Waals surface area contributed by atoms with Crippen molar-refractivity contribution in [2.75, 3.05) is 33.3 Å². The molecule has 1 saturated heterocycles. The van der Waals surface area contributed by atoms with Crippen molar-refractivity contribution in [1.29, 1.82) is 0 Å². The number of piperidine rings is 1. The van der Waals surface area contributed by atoms with Crippen LogP contribution in [0.1, 0.15) is 30.1 Å². The normalized spacial score (nSPS) is 15.7. The Morgan fingerprint density at radius 3 is 2.68 bits per heavy atom. The minimum Gasteiger partial charge on any atom is -0.466 e. The topological polar surface area (TPSA) is 92.7 Å². The molecule has 8 nitrogen and oxygen atoms in total. The number of carbonyl (C=O) groups is 3. The smallest absolute Gasteiger partial charge is 0.310 e. The van der Waals surface area contributed by atoms with Crippen LogP contribution in [-0.4, -0.2) is 70.8 Å². The number of likely N-dealkylation sites (N-methyl/N-ethyl adjacent to an activating group) is 1. The van der Waals surface area contributed by atoms with Gasteiger partial charge in [-0.25, -0.2) is 4.98 Å². The zero-order valence-electron chi connectivity index (χ0n) is 19.4. The number of benzene rings is 1. The lowest BCUT2D eigenvalue weighted by Gasteiger charge is -2.32. The maximum Gasteiger partial charge on any atom is 0.310 e. The number of fused-ring (bicyclic) bond motifs is 1. The van der Waals surface area contributed by atoms with Crippen molar-refractivity contribution in [3.63, 3.8) is 0 Å². The molecular weight excluding hydrogens is 432 g/mol. The van der Waals surface area contributed by atoms with Gasteiger partial charge in [0, 0.05) is 43.5 Å². The van der Waals surface area contributed by atoms with Crippen molar-refractivity contribution < 1.29 is 19.1 Å². The Morgan fingerprint density at radius 1 is 1.15 bits per heavy atom. The first-order valence-corrected chi connectivity index (χ1v) is 11.5. The Labute approximate surface area is 198 Å². The number of hydrogen-bond acceptors (Lipinski definition) is 6. The minimum atomic E-state index is -0.314. The first-order chi connectivity index (χ1) is 16.5. The van der Waals surface area contributed by atoms with Crippen molar-refractivity contribution in [3.05, 3.63) is 60.4 Å². The number of carbonyl (C=O) groups excluding carboxylic acids is 3. The van der Waals surface area contributed by atoms with Crippen molar-refractivity contribution in [3.8, 4) is 11.3 Å². The van der Waals surface area contributed by atoms with E-state index in [-0.39, 0.29) is 30.2 Å². The second-order valence-corrected chi connectivity index (χ2v) is 8.40. The third-order valence-electron chi connectivity index (χ3n) is 6.04. The van der Waals surface area contributed by atoms with Crippen molar-refractivity contribution >= 4 is 28.7 Å². The number of amides is 2. The molecule has 4 rings (SSSR count). The Hall–Kier alpha value is -3.81. The zero-order chi connectivity index (χ0) is 24.1. The average Bonchev–Trinajstić information content (AvgIpc) is 2.88. The van der Waals surface area contributed by atoms with Crippen molar-refractivity contribution in [2.45, 2.75) is 19.8 Å². The number of para-hydroxylation sites is 1. The van der Waals surface area contributed by atoms with Crippen LogP contribution < -0.4 is 0 Å². The van der Waals surface area contributed by atoms with Gasteiger partial charge in [0.25, 0.3) is 5.91 Å². The Morgan fingerprint density at radius 2 is 1.91 bits per heavy atom. The third-order valence-corrected chi connectivity index (χ3v) is 6.04. The third kappa shape index (κ3) is 5.06. The van der Waals surface area contributed by atoms with Gasteiger partial charge in [0.1, 0.15) is 0 Å². The van der Waals surface area contributed by atoms with Crippen LogP contribution >= 0.6 is 0 Å². The van der Waals surface area contributed by atoms with E-state index in [0.29, 0.717) is 42.9 Å². The molecule has 1 unspecified atom stereocenters. The number of ether oxygens (including phenoxy) is 1. The highest BCUT2D eigenvalue weighted by Gasteiger charge is 2.30. The molecule has 2 amide bonds. The van der Waals surface area contributed by atoms with Crippen LogP contribution in [0.3, 0.4) is 0 Å². The summed E-state index contributed by atoms with van der Waals surface area (Å²) in [6.45, 7) is 2.91. The van der Waals surface area contributed by atoms with Gasteiger partial charge in [0.2, 0.25) is 5.91 Å². The highest BCUT2D eigenvalue weighted by atomic mass is 16.5. The molecule has 3 aromatic rings. The maximum atomic E-state index is 13.5. The standard InChI is InChI=1S/C26H28N4O4/c1-3-34-26(33)19-7-6-14-30(16-19)24(31)17-29(2)25(32)21-15-23(18-10-12-27-13-11-18)28-22-9-5-4-8-20(21)22/h4-5,8-13,15,19H,3,6-7,14,16-17H2,1-2H3. The van der Waals surface area contributed by atoms with Gasteiger partial charge in [-0.15, -0.1) is 0 Å². The number of rotatable bonds is 6. The number of esters is 1. The molecule has 1 aliphatic heterocycles. The van der Waals surface area contributed by atoms with E-state index in [1.807, 2.05) is 36.4 Å². The number of nitrogens with zero attached hydrogens (tertiary/aromatic N) is 4. The summed E-state index contributed by atoms with van der Waals surface area (Å²) >= 11 is 0. The van der Waals surface area contributed by atoms with E-state index in [9.17, 15) is 14.4 Å². The summed E-state index contributed by atoms with van der Waals surface area (Å²) in [6, 6.07) is 12.9. The number of likely N-dealkylation sites (tertiary alicyclic amines) is 1. The summed E-state index contributed by atoms with van der Waals surface area (Å²) in [4.78, 5) is 50.4. The molecule has 2 aromatic heterocycles. The van der Waals surface area contributed by atoms with E-state index in [1.54, 1.807) is 37.3 Å². The summed E-state index contributed by atoms with van der Waals surface area (Å²) in [7, 11) is 1.62. The maximum absolute atomic E-state index is 13.5. The molecule has 0 aliphatic carbocycles. The van der Waals surface area contributed by atoms with Crippen LogP contribution in [-0.2, 0) is 14.3 Å². The summed E-state index contributed by atoms with van der Waals surface area (Å²) in [6.07, 6.45) is 4.80. The fourth-order valence-electron chi connectivity index (χ4n) is 4.26. The average molecular weight is 461 g/mol. The highest BCUT2D eigenvalue weighted by molar-refractivity contribution is 6.07. The largest absolute Gasteiger partial charge is 0.466 e. The van der Waals surface area contributed by atoms with Gasteiger partial charge in [-0.3, -0.25) is 19.4 Å². The lowest BCUT2D eigenvalue weighted by atomic mass is 9.98. The SMILES string of the molecule is CCOC(=O)C1CCCN(C(=O)CN(C)C(=O)c2cc(-c3ccncc3)nc3ccccc23)C1. The first-order valence-electron chi connectivity index (χ1n) is 11.5. The van der Waals surface area contributed by atoms with E-state index in [2.05, 4.69) is 4.98 Å². The predicted molar refractivity (Wildman–Crippen MR) is 128 cm³/mol. The molecule has 1 aliphatic rings. The molecule has 176 valence electrons. The zero-order valence-corrected chi connectivity index (χ0v) is 19.4. The molecule has 0 radical (unpaired) electrons. The van der Waals surface area contributed by atoms with Gasteiger partial charge in [-0.05, 0) is 44.0 Å². The molecule has 34 heavy (non-hydrogen) atoms. The summed E-state index contributed by atoms with van der Waals surface area (Å²) in [5.74, 6) is -1.03. The van der Waals surface area contributed by atoms with Crippen LogP contribution in [0.15, 0.2) is 54.9 Å². The molecule has 1 atom stereocenters. The van der Waals surface area contributed by atoms with Crippen LogP contribution in [0.4, 0.5) is 0 Å². The fraction of sp³-hybridized carbons (Fsp3) is 0.346. The van der Waals surface area contributed by atoms with E-state index < -0.39 is 0 Å². The van der Waals surface area contributed by atoms with Gasteiger partial charge in [-0.2, -0.15) is 0 Å². The number of hydrogen-bond donors (Lipinski definition) is 0. The summed E-state index contributed by atoms with van der Waals surface area (Å²) in [5, 5.41) is 0.727. The molecule has 1 aromatic carbocycles. The monoisotopic (exact) mass is 460 g/mol. The van der Waals surface area contributed by atoms with Crippen molar-refractivity contribution in [1.82, 2.24) is 19.8 Å². The quantitative estimate of drug-likeness (QED) is 0.525. The fourth-order valence-corrected chi connectivity index (χ4v) is 4.26. The molecule has 1 fully saturated rings. The molecule has 0 bridgehead atoms. The number of pyridine rings is 2. The van der Waals surface area contributed by atoms with E-state index in [0.717, 1.165) is 17.4 Å². The molecule has 0 spiro atoms. The molecule has 8 heteroatoms. The van der Waals surface area contributed by atoms with Gasteiger partial charge < -0.3 is 14.5 Å². The van der Waals surface area contributed by atoms with Crippen LogP contribution in [0.5, 0.6) is 0 Å². The number of aromatic nitrogens is 2. The molecule has 3 heterocycles. The Balaban J connectivity index is 1.54. The predicted octanol–water partition coefficient (Wildman–Crippen LogP) is 3.17. The van der Waals surface area contributed by atoms with Crippen LogP contribution in [0.25, 0.3) is 22.2 Å². The second kappa shape index (κ2) is 10.4. The van der Waals surface area contributed by atoms with Gasteiger partial charge in [-0.1, -0.05) is 18.2 Å². The molecular formula is C26H28N4O4. The minimum absolute atomic E-state index is 0.0738. The molecule has 0 saturated carbocycles. The van der Waals surface area contributed by atoms with Gasteiger partial charge >= 0.3 is 5.97 Å². The van der Waals surface area contributed by atoms with Crippen LogP contribution in [0.2, 0.25) is 0 Å². The molecule has 0 N–H and O–H groups in total. The Bertz CT molecular complexity index is 1200. The summed E-state index contributed by atoms with van der Waals surface area (Å²) < 4.78 is 5.12. The summed E-state index contributed by atoms with van der Waals surface area (Å²) in [5.41, 5.74) is 2.70. The lowest BCUT2D eigenvalue weighted by molar-refractivity contribution is -0.151. The highest BCUT2D eigenvalue weighted by Crippen LogP contribution is 2.25. The van der Waals surface area contributed by atoms with E-state index >= 15 is 0 Å². The van der Waals surface area contributed by atoms with E-state index in [1.165, 1.54) is 4.90 Å². The van der Waals surface area contributed by atoms with Crippen LogP contribution in [0, 0.1) is 5.92 Å².